The summed E-state index contributed by atoms with van der Waals surface area (Å²) in [6, 6.07) is 10.3. The van der Waals surface area contributed by atoms with Crippen LogP contribution in [0.3, 0.4) is 0 Å². The van der Waals surface area contributed by atoms with E-state index < -0.39 is 0 Å². The number of carbonyl (C=O) groups is 1. The van der Waals surface area contributed by atoms with Crippen molar-refractivity contribution in [2.75, 3.05) is 39.4 Å². The average Bonchev–Trinajstić information content (AvgIpc) is 2.65. The molecule has 1 aliphatic carbocycles. The number of carbonyl (C=O) groups excluding carboxylic acids is 1. The molecule has 1 heterocycles. The van der Waals surface area contributed by atoms with Gasteiger partial charge in [0.1, 0.15) is 0 Å². The highest BCUT2D eigenvalue weighted by Crippen LogP contribution is 2.36. The molecule has 2 fully saturated rings. The van der Waals surface area contributed by atoms with Gasteiger partial charge in [0.15, 0.2) is 0 Å². The predicted octanol–water partition coefficient (Wildman–Crippen LogP) is 2.80. The van der Waals surface area contributed by atoms with Crippen LogP contribution in [0, 0.1) is 5.92 Å². The summed E-state index contributed by atoms with van der Waals surface area (Å²) in [7, 11) is 0. The number of amides is 1. The highest BCUT2D eigenvalue weighted by Gasteiger charge is 2.30. The van der Waals surface area contributed by atoms with Crippen molar-refractivity contribution in [1.82, 2.24) is 10.2 Å². The van der Waals surface area contributed by atoms with Crippen molar-refractivity contribution in [2.45, 2.75) is 38.0 Å². The molecule has 3 rings (SSSR count). The Morgan fingerprint density at radius 2 is 1.83 bits per heavy atom. The summed E-state index contributed by atoms with van der Waals surface area (Å²) in [5, 5.41) is 3.20. The molecule has 1 aromatic carbocycles. The van der Waals surface area contributed by atoms with Gasteiger partial charge in [0.25, 0.3) is 0 Å². The van der Waals surface area contributed by atoms with Gasteiger partial charge < -0.3 is 10.1 Å². The smallest absolute Gasteiger partial charge is 0.227 e. The van der Waals surface area contributed by atoms with E-state index in [-0.39, 0.29) is 11.8 Å². The number of morpholine rings is 1. The summed E-state index contributed by atoms with van der Waals surface area (Å²) in [5.74, 6) is 0.710. The molecule has 0 unspecified atom stereocenters. The third-order valence-electron chi connectivity index (χ3n) is 5.39. The molecule has 1 amide bonds. The minimum absolute atomic E-state index is 0.0104. The molecule has 1 aromatic rings. The summed E-state index contributed by atoms with van der Waals surface area (Å²) in [6.45, 7) is 5.21. The first kappa shape index (κ1) is 17.4. The quantitative estimate of drug-likeness (QED) is 0.872. The van der Waals surface area contributed by atoms with Gasteiger partial charge in [-0.3, -0.25) is 9.69 Å². The van der Waals surface area contributed by atoms with E-state index in [1.165, 1.54) is 37.7 Å². The summed E-state index contributed by atoms with van der Waals surface area (Å²) in [4.78, 5) is 15.3. The van der Waals surface area contributed by atoms with Crippen LogP contribution in [0.1, 0.15) is 43.6 Å². The summed E-state index contributed by atoms with van der Waals surface area (Å²) < 4.78 is 5.37. The topological polar surface area (TPSA) is 41.6 Å². The van der Waals surface area contributed by atoms with Crippen LogP contribution in [0.5, 0.6) is 0 Å². The van der Waals surface area contributed by atoms with Crippen LogP contribution in [0.2, 0.25) is 0 Å². The molecule has 1 aliphatic heterocycles. The molecule has 1 saturated heterocycles. The third-order valence-corrected chi connectivity index (χ3v) is 5.39. The zero-order valence-electron chi connectivity index (χ0n) is 14.6. The lowest BCUT2D eigenvalue weighted by atomic mass is 9.76. The first-order valence-corrected chi connectivity index (χ1v) is 9.47. The Labute approximate surface area is 145 Å². The van der Waals surface area contributed by atoms with E-state index in [4.69, 9.17) is 4.74 Å². The van der Waals surface area contributed by atoms with Crippen molar-refractivity contribution in [1.29, 1.82) is 0 Å². The summed E-state index contributed by atoms with van der Waals surface area (Å²) >= 11 is 0. The monoisotopic (exact) mass is 330 g/mol. The highest BCUT2D eigenvalue weighted by atomic mass is 16.5. The Morgan fingerprint density at radius 3 is 2.54 bits per heavy atom. The van der Waals surface area contributed by atoms with Gasteiger partial charge in [-0.05, 0) is 24.3 Å². The maximum absolute atomic E-state index is 12.9. The van der Waals surface area contributed by atoms with Gasteiger partial charge in [-0.2, -0.15) is 0 Å². The van der Waals surface area contributed by atoms with Gasteiger partial charge in [-0.15, -0.1) is 0 Å². The molecule has 1 atom stereocenters. The number of hydrogen-bond acceptors (Lipinski definition) is 3. The number of benzene rings is 1. The number of rotatable bonds is 6. The van der Waals surface area contributed by atoms with Crippen molar-refractivity contribution in [3.05, 3.63) is 35.9 Å². The zero-order valence-corrected chi connectivity index (χ0v) is 14.6. The van der Waals surface area contributed by atoms with Crippen molar-refractivity contribution in [2.24, 2.45) is 5.92 Å². The van der Waals surface area contributed by atoms with Gasteiger partial charge in [-0.25, -0.2) is 0 Å². The largest absolute Gasteiger partial charge is 0.379 e. The van der Waals surface area contributed by atoms with Gasteiger partial charge >= 0.3 is 0 Å². The molecule has 4 nitrogen and oxygen atoms in total. The first-order chi connectivity index (χ1) is 11.8. The first-order valence-electron chi connectivity index (χ1n) is 9.47. The Hall–Kier alpha value is -1.39. The lowest BCUT2D eigenvalue weighted by Crippen LogP contribution is -2.43. The van der Waals surface area contributed by atoms with Gasteiger partial charge in [-0.1, -0.05) is 49.6 Å². The maximum atomic E-state index is 12.9. The van der Waals surface area contributed by atoms with E-state index in [1.807, 2.05) is 18.2 Å². The van der Waals surface area contributed by atoms with Crippen LogP contribution in [0.4, 0.5) is 0 Å². The molecule has 1 saturated carbocycles. The maximum Gasteiger partial charge on any atom is 0.227 e. The van der Waals surface area contributed by atoms with Crippen molar-refractivity contribution in [3.63, 3.8) is 0 Å². The third kappa shape index (κ3) is 4.81. The fraction of sp³-hybridized carbons (Fsp3) is 0.650. The second-order valence-electron chi connectivity index (χ2n) is 7.03. The van der Waals surface area contributed by atoms with Crippen molar-refractivity contribution >= 4 is 5.91 Å². The molecule has 1 N–H and O–H groups in total. The number of nitrogens with one attached hydrogen (secondary N) is 1. The second-order valence-corrected chi connectivity index (χ2v) is 7.03. The fourth-order valence-corrected chi connectivity index (χ4v) is 4.04. The standard InChI is InChI=1S/C20H30N2O2/c23-20(21-11-12-22-13-15-24-16-14-22)19(17-7-3-1-4-8-17)18-9-5-2-6-10-18/h1,3-4,7-8,18-19H,2,5-6,9-16H2,(H,21,23)/t19-/m0/s1. The van der Waals surface area contributed by atoms with E-state index in [1.54, 1.807) is 0 Å². The predicted molar refractivity (Wildman–Crippen MR) is 96.0 cm³/mol. The molecule has 0 bridgehead atoms. The van der Waals surface area contributed by atoms with Crippen molar-refractivity contribution in [3.8, 4) is 0 Å². The minimum atomic E-state index is 0.0104. The van der Waals surface area contributed by atoms with Crippen LogP contribution in [-0.2, 0) is 9.53 Å². The lowest BCUT2D eigenvalue weighted by Gasteiger charge is -2.30. The Morgan fingerprint density at radius 1 is 1.12 bits per heavy atom. The Bertz CT molecular complexity index is 494. The molecule has 0 radical (unpaired) electrons. The number of ether oxygens (including phenoxy) is 1. The molecule has 0 spiro atoms. The van der Waals surface area contributed by atoms with E-state index in [0.29, 0.717) is 5.92 Å². The van der Waals surface area contributed by atoms with Gasteiger partial charge in [0.2, 0.25) is 5.91 Å². The van der Waals surface area contributed by atoms with E-state index in [0.717, 1.165) is 39.4 Å². The van der Waals surface area contributed by atoms with Gasteiger partial charge in [0.05, 0.1) is 19.1 Å². The van der Waals surface area contributed by atoms with Crippen LogP contribution in [0.25, 0.3) is 0 Å². The molecule has 4 heteroatoms. The minimum Gasteiger partial charge on any atom is -0.379 e. The fourth-order valence-electron chi connectivity index (χ4n) is 4.04. The van der Waals surface area contributed by atoms with Gasteiger partial charge in [0, 0.05) is 26.2 Å². The number of hydrogen-bond donors (Lipinski definition) is 1. The van der Waals surface area contributed by atoms with E-state index >= 15 is 0 Å². The summed E-state index contributed by atoms with van der Waals surface area (Å²) in [6.07, 6.45) is 6.19. The highest BCUT2D eigenvalue weighted by molar-refractivity contribution is 5.84. The molecule has 132 valence electrons. The normalized spacial score (nSPS) is 21.3. The van der Waals surface area contributed by atoms with E-state index in [2.05, 4.69) is 22.3 Å². The number of nitrogens with zero attached hydrogens (tertiary/aromatic N) is 1. The molecular formula is C20H30N2O2. The van der Waals surface area contributed by atoms with Crippen molar-refractivity contribution < 1.29 is 9.53 Å². The van der Waals surface area contributed by atoms with Crippen LogP contribution in [-0.4, -0.2) is 50.2 Å². The Kier molecular flexibility index (Phi) is 6.67. The molecule has 0 aromatic heterocycles. The summed E-state index contributed by atoms with van der Waals surface area (Å²) in [5.41, 5.74) is 1.17. The molecular weight excluding hydrogens is 300 g/mol. The second kappa shape index (κ2) is 9.19. The van der Waals surface area contributed by atoms with Crippen LogP contribution < -0.4 is 5.32 Å². The molecule has 2 aliphatic rings. The SMILES string of the molecule is O=C(NCCN1CCOCC1)[C@@H](c1ccccc1)C1CCCCC1. The molecule has 24 heavy (non-hydrogen) atoms. The Balaban J connectivity index is 1.58. The lowest BCUT2D eigenvalue weighted by molar-refractivity contribution is -0.124. The zero-order chi connectivity index (χ0) is 16.6. The van der Waals surface area contributed by atoms with Crippen LogP contribution in [0.15, 0.2) is 30.3 Å². The average molecular weight is 330 g/mol. The van der Waals surface area contributed by atoms with Crippen LogP contribution >= 0.6 is 0 Å². The van der Waals surface area contributed by atoms with E-state index in [9.17, 15) is 4.79 Å².